The van der Waals surface area contributed by atoms with E-state index in [-0.39, 0.29) is 5.97 Å². The first-order valence-corrected chi connectivity index (χ1v) is 4.65. The van der Waals surface area contributed by atoms with Gasteiger partial charge in [-0.2, -0.15) is 0 Å². The number of carbonyl (C=O) groups excluding carboxylic acids is 2. The van der Waals surface area contributed by atoms with E-state index in [1.165, 1.54) is 11.8 Å². The predicted octanol–water partition coefficient (Wildman–Crippen LogP) is 1.30. The zero-order valence-corrected chi connectivity index (χ0v) is 9.74. The van der Waals surface area contributed by atoms with Crippen LogP contribution in [0, 0.1) is 5.92 Å². The van der Waals surface area contributed by atoms with Crippen LogP contribution in [0.1, 0.15) is 27.2 Å². The van der Waals surface area contributed by atoms with Gasteiger partial charge in [0.2, 0.25) is 6.41 Å². The fraction of sp³-hybridized carbons (Fsp3) is 0.800. The predicted molar refractivity (Wildman–Crippen MR) is 55.8 cm³/mol. The molecule has 0 aliphatic carbocycles. The summed E-state index contributed by atoms with van der Waals surface area (Å²) in [4.78, 5) is 21.1. The van der Waals surface area contributed by atoms with Gasteiger partial charge >= 0.3 is 5.97 Å². The summed E-state index contributed by atoms with van der Waals surface area (Å²) in [5.41, 5.74) is 0. The van der Waals surface area contributed by atoms with E-state index < -0.39 is 0 Å². The van der Waals surface area contributed by atoms with Crippen molar-refractivity contribution in [1.29, 1.82) is 0 Å². The molecular weight excluding hydrogens is 182 g/mol. The maximum absolute atomic E-state index is 10.2. The monoisotopic (exact) mass is 203 g/mol. The lowest BCUT2D eigenvalue weighted by molar-refractivity contribution is -0.141. The average molecular weight is 203 g/mol. The van der Waals surface area contributed by atoms with Gasteiger partial charge in [-0.3, -0.25) is 9.59 Å². The lowest BCUT2D eigenvalue weighted by Crippen LogP contribution is -2.06. The normalized spacial score (nSPS) is 8.71. The zero-order chi connectivity index (χ0) is 11.6. The summed E-state index contributed by atoms with van der Waals surface area (Å²) >= 11 is 0. The van der Waals surface area contributed by atoms with E-state index in [4.69, 9.17) is 4.74 Å². The molecule has 0 unspecified atom stereocenters. The van der Waals surface area contributed by atoms with Gasteiger partial charge in [-0.15, -0.1) is 0 Å². The van der Waals surface area contributed by atoms with Crippen molar-refractivity contribution in [3.05, 3.63) is 0 Å². The van der Waals surface area contributed by atoms with Crippen molar-refractivity contribution in [2.75, 3.05) is 20.7 Å². The SMILES string of the molecule is CC(=O)OCCC(C)C.CN(C)C=O. The summed E-state index contributed by atoms with van der Waals surface area (Å²) in [5.74, 6) is 0.431. The van der Waals surface area contributed by atoms with Crippen molar-refractivity contribution in [2.45, 2.75) is 27.2 Å². The molecule has 0 saturated heterocycles. The van der Waals surface area contributed by atoms with Crippen LogP contribution in [0.15, 0.2) is 0 Å². The van der Waals surface area contributed by atoms with Gasteiger partial charge in [0.15, 0.2) is 0 Å². The minimum atomic E-state index is -0.185. The molecule has 0 radical (unpaired) electrons. The minimum Gasteiger partial charge on any atom is -0.466 e. The van der Waals surface area contributed by atoms with Gasteiger partial charge in [0.05, 0.1) is 6.61 Å². The highest BCUT2D eigenvalue weighted by atomic mass is 16.5. The number of amides is 1. The van der Waals surface area contributed by atoms with Crippen LogP contribution in [0.5, 0.6) is 0 Å². The number of ether oxygens (including phenoxy) is 1. The molecular formula is C10H21NO3. The summed E-state index contributed by atoms with van der Waals surface area (Å²) in [6.45, 7) is 6.19. The summed E-state index contributed by atoms with van der Waals surface area (Å²) in [6.07, 6.45) is 1.71. The van der Waals surface area contributed by atoms with Gasteiger partial charge in [-0.25, -0.2) is 0 Å². The molecule has 0 fully saturated rings. The molecule has 0 heterocycles. The Morgan fingerprint density at radius 3 is 2.07 bits per heavy atom. The second-order valence-electron chi connectivity index (χ2n) is 3.59. The number of nitrogens with zero attached hydrogens (tertiary/aromatic N) is 1. The largest absolute Gasteiger partial charge is 0.466 e. The Kier molecular flexibility index (Phi) is 11.0. The van der Waals surface area contributed by atoms with E-state index in [1.807, 2.05) is 0 Å². The van der Waals surface area contributed by atoms with Crippen LogP contribution in [0.25, 0.3) is 0 Å². The molecule has 0 bridgehead atoms. The molecule has 0 aromatic rings. The van der Waals surface area contributed by atoms with E-state index in [9.17, 15) is 9.59 Å². The van der Waals surface area contributed by atoms with E-state index >= 15 is 0 Å². The fourth-order valence-corrected chi connectivity index (χ4v) is 0.438. The van der Waals surface area contributed by atoms with Crippen molar-refractivity contribution in [3.63, 3.8) is 0 Å². The lowest BCUT2D eigenvalue weighted by Gasteiger charge is -2.02. The second-order valence-corrected chi connectivity index (χ2v) is 3.59. The Morgan fingerprint density at radius 2 is 1.86 bits per heavy atom. The highest BCUT2D eigenvalue weighted by Gasteiger charge is 1.94. The Hall–Kier alpha value is -1.06. The third kappa shape index (κ3) is 22.4. The van der Waals surface area contributed by atoms with Crippen molar-refractivity contribution < 1.29 is 14.3 Å². The van der Waals surface area contributed by atoms with Crippen molar-refractivity contribution in [2.24, 2.45) is 5.92 Å². The molecule has 0 spiro atoms. The summed E-state index contributed by atoms with van der Waals surface area (Å²) in [5, 5.41) is 0. The molecule has 0 aliphatic heterocycles. The molecule has 0 N–H and O–H groups in total. The second kappa shape index (κ2) is 10.0. The quantitative estimate of drug-likeness (QED) is 0.511. The first-order chi connectivity index (χ1) is 6.40. The van der Waals surface area contributed by atoms with Crippen LogP contribution in [0.2, 0.25) is 0 Å². The van der Waals surface area contributed by atoms with Crippen LogP contribution in [-0.4, -0.2) is 38.0 Å². The molecule has 0 saturated carbocycles. The van der Waals surface area contributed by atoms with Crippen LogP contribution in [-0.2, 0) is 14.3 Å². The average Bonchev–Trinajstić information content (AvgIpc) is 2.04. The maximum Gasteiger partial charge on any atom is 0.302 e. The third-order valence-electron chi connectivity index (χ3n) is 1.21. The molecule has 84 valence electrons. The molecule has 0 aromatic heterocycles. The van der Waals surface area contributed by atoms with Gasteiger partial charge in [-0.05, 0) is 12.3 Å². The summed E-state index contributed by atoms with van der Waals surface area (Å²) in [7, 11) is 3.38. The van der Waals surface area contributed by atoms with Gasteiger partial charge in [0.25, 0.3) is 0 Å². The summed E-state index contributed by atoms with van der Waals surface area (Å²) < 4.78 is 4.71. The number of hydrogen-bond donors (Lipinski definition) is 0. The van der Waals surface area contributed by atoms with Crippen molar-refractivity contribution >= 4 is 12.4 Å². The van der Waals surface area contributed by atoms with E-state index in [2.05, 4.69) is 13.8 Å². The fourth-order valence-electron chi connectivity index (χ4n) is 0.438. The van der Waals surface area contributed by atoms with E-state index in [0.717, 1.165) is 12.8 Å². The number of esters is 1. The van der Waals surface area contributed by atoms with Gasteiger partial charge in [0.1, 0.15) is 0 Å². The van der Waals surface area contributed by atoms with Crippen LogP contribution in [0.3, 0.4) is 0 Å². The van der Waals surface area contributed by atoms with E-state index in [0.29, 0.717) is 12.5 Å². The Balaban J connectivity index is 0. The summed E-state index contributed by atoms with van der Waals surface area (Å²) in [6, 6.07) is 0. The third-order valence-corrected chi connectivity index (χ3v) is 1.21. The maximum atomic E-state index is 10.2. The smallest absolute Gasteiger partial charge is 0.302 e. The molecule has 1 amide bonds. The minimum absolute atomic E-state index is 0.185. The highest BCUT2D eigenvalue weighted by molar-refractivity contribution is 5.65. The number of carbonyl (C=O) groups is 2. The molecule has 4 nitrogen and oxygen atoms in total. The Labute approximate surface area is 86.2 Å². The van der Waals surface area contributed by atoms with Crippen LogP contribution in [0.4, 0.5) is 0 Å². The first-order valence-electron chi connectivity index (χ1n) is 4.65. The Morgan fingerprint density at radius 1 is 1.43 bits per heavy atom. The number of hydrogen-bond acceptors (Lipinski definition) is 3. The van der Waals surface area contributed by atoms with Crippen molar-refractivity contribution in [1.82, 2.24) is 4.90 Å². The lowest BCUT2D eigenvalue weighted by atomic mass is 10.1. The first kappa shape index (κ1) is 15.4. The van der Waals surface area contributed by atoms with Gasteiger partial charge in [0, 0.05) is 21.0 Å². The van der Waals surface area contributed by atoms with Gasteiger partial charge < -0.3 is 9.64 Å². The standard InChI is InChI=1S/C7H14O2.C3H7NO/c1-6(2)4-5-9-7(3)8;1-4(2)3-5/h6H,4-5H2,1-3H3;3H,1-2H3. The molecule has 0 atom stereocenters. The highest BCUT2D eigenvalue weighted by Crippen LogP contribution is 1.98. The zero-order valence-electron chi connectivity index (χ0n) is 9.74. The van der Waals surface area contributed by atoms with E-state index in [1.54, 1.807) is 14.1 Å². The topological polar surface area (TPSA) is 46.6 Å². The van der Waals surface area contributed by atoms with Crippen LogP contribution < -0.4 is 0 Å². The molecule has 0 aliphatic rings. The number of rotatable bonds is 4. The van der Waals surface area contributed by atoms with Gasteiger partial charge in [-0.1, -0.05) is 13.8 Å². The molecule has 0 rings (SSSR count). The molecule has 4 heteroatoms. The molecule has 14 heavy (non-hydrogen) atoms. The van der Waals surface area contributed by atoms with Crippen LogP contribution >= 0.6 is 0 Å². The van der Waals surface area contributed by atoms with Crippen molar-refractivity contribution in [3.8, 4) is 0 Å². The molecule has 0 aromatic carbocycles. The Bertz CT molecular complexity index is 155.